The van der Waals surface area contributed by atoms with E-state index in [0.717, 1.165) is 12.0 Å². The van der Waals surface area contributed by atoms with E-state index in [4.69, 9.17) is 4.74 Å². The maximum atomic E-state index is 12.5. The van der Waals surface area contributed by atoms with Gasteiger partial charge in [-0.15, -0.1) is 0 Å². The van der Waals surface area contributed by atoms with Gasteiger partial charge in [-0.05, 0) is 29.7 Å². The summed E-state index contributed by atoms with van der Waals surface area (Å²) in [6, 6.07) is 14.5. The Morgan fingerprint density at radius 1 is 0.893 bits per heavy atom. The number of amides is 3. The first-order chi connectivity index (χ1) is 13.5. The number of benzene rings is 2. The molecule has 2 rings (SSSR count). The Morgan fingerprint density at radius 2 is 1.57 bits per heavy atom. The van der Waals surface area contributed by atoms with Crippen LogP contribution in [0.1, 0.15) is 28.4 Å². The van der Waals surface area contributed by atoms with E-state index in [9.17, 15) is 14.4 Å². The molecule has 0 heterocycles. The second-order valence-electron chi connectivity index (χ2n) is 6.10. The minimum absolute atomic E-state index is 0.224. The predicted molar refractivity (Wildman–Crippen MR) is 107 cm³/mol. The molecule has 148 valence electrons. The molecular weight excluding hydrogens is 358 g/mol. The fourth-order valence-electron chi connectivity index (χ4n) is 2.49. The molecule has 0 bridgehead atoms. The molecule has 0 atom stereocenters. The van der Waals surface area contributed by atoms with Crippen LogP contribution < -0.4 is 16.0 Å². The van der Waals surface area contributed by atoms with E-state index < -0.39 is 11.8 Å². The van der Waals surface area contributed by atoms with Crippen molar-refractivity contribution in [1.29, 1.82) is 0 Å². The summed E-state index contributed by atoms with van der Waals surface area (Å²) in [6.45, 7) is 2.97. The van der Waals surface area contributed by atoms with Crippen LogP contribution >= 0.6 is 0 Å². The number of hydrogen-bond acceptors (Lipinski definition) is 4. The maximum absolute atomic E-state index is 12.5. The number of nitrogens with one attached hydrogen (secondary N) is 3. The third-order valence-electron chi connectivity index (χ3n) is 4.10. The van der Waals surface area contributed by atoms with Gasteiger partial charge in [-0.25, -0.2) is 0 Å². The molecule has 3 amide bonds. The number of anilines is 1. The second kappa shape index (κ2) is 10.8. The third-order valence-corrected chi connectivity index (χ3v) is 4.10. The summed E-state index contributed by atoms with van der Waals surface area (Å²) < 4.78 is 4.82. The van der Waals surface area contributed by atoms with Gasteiger partial charge in [0.15, 0.2) is 0 Å². The summed E-state index contributed by atoms with van der Waals surface area (Å²) in [5, 5.41) is 7.74. The third kappa shape index (κ3) is 6.21. The molecule has 0 aromatic heterocycles. The van der Waals surface area contributed by atoms with Crippen LogP contribution in [0.3, 0.4) is 0 Å². The Morgan fingerprint density at radius 3 is 2.25 bits per heavy atom. The lowest BCUT2D eigenvalue weighted by atomic mass is 10.1. The quantitative estimate of drug-likeness (QED) is 0.479. The van der Waals surface area contributed by atoms with Crippen molar-refractivity contribution in [3.05, 3.63) is 65.2 Å². The average Bonchev–Trinajstić information content (AvgIpc) is 2.72. The minimum Gasteiger partial charge on any atom is -0.383 e. The van der Waals surface area contributed by atoms with E-state index in [1.54, 1.807) is 24.3 Å². The first kappa shape index (κ1) is 21.1. The number of carbonyl (C=O) groups is 3. The zero-order valence-electron chi connectivity index (χ0n) is 16.1. The number of ether oxygens (including phenoxy) is 1. The zero-order valence-corrected chi connectivity index (χ0v) is 16.1. The van der Waals surface area contributed by atoms with Gasteiger partial charge in [-0.2, -0.15) is 0 Å². The Kier molecular flexibility index (Phi) is 8.17. The molecule has 2 aromatic rings. The van der Waals surface area contributed by atoms with Gasteiger partial charge in [0.25, 0.3) is 5.91 Å². The van der Waals surface area contributed by atoms with Gasteiger partial charge in [0, 0.05) is 20.2 Å². The highest BCUT2D eigenvalue weighted by Gasteiger charge is 2.17. The van der Waals surface area contributed by atoms with Gasteiger partial charge in [0.1, 0.15) is 0 Å². The van der Waals surface area contributed by atoms with Crippen LogP contribution in [0, 0.1) is 0 Å². The molecule has 0 aliphatic carbocycles. The number of rotatable bonds is 8. The SMILES string of the molecule is CCc1ccc(CNC(=O)c2ccccc2NC(=O)C(=O)NCCOC)cc1. The van der Waals surface area contributed by atoms with Crippen LogP contribution in [0.15, 0.2) is 48.5 Å². The number of aryl methyl sites for hydroxylation is 1. The van der Waals surface area contributed by atoms with Gasteiger partial charge >= 0.3 is 11.8 Å². The van der Waals surface area contributed by atoms with Gasteiger partial charge in [0.05, 0.1) is 17.9 Å². The van der Waals surface area contributed by atoms with E-state index in [-0.39, 0.29) is 23.7 Å². The fourth-order valence-corrected chi connectivity index (χ4v) is 2.49. The molecule has 7 nitrogen and oxygen atoms in total. The molecule has 2 aromatic carbocycles. The average molecular weight is 383 g/mol. The van der Waals surface area contributed by atoms with Gasteiger partial charge in [0.2, 0.25) is 0 Å². The van der Waals surface area contributed by atoms with Crippen molar-refractivity contribution in [2.24, 2.45) is 0 Å². The Bertz CT molecular complexity index is 819. The summed E-state index contributed by atoms with van der Waals surface area (Å²) >= 11 is 0. The van der Waals surface area contributed by atoms with E-state index >= 15 is 0 Å². The first-order valence-corrected chi connectivity index (χ1v) is 9.08. The van der Waals surface area contributed by atoms with E-state index in [1.807, 2.05) is 24.3 Å². The molecule has 0 aliphatic rings. The molecule has 7 heteroatoms. The lowest BCUT2D eigenvalue weighted by molar-refractivity contribution is -0.136. The van der Waals surface area contributed by atoms with Crippen molar-refractivity contribution >= 4 is 23.4 Å². The first-order valence-electron chi connectivity index (χ1n) is 9.08. The van der Waals surface area contributed by atoms with Crippen LogP contribution in [0.25, 0.3) is 0 Å². The number of para-hydroxylation sites is 1. The normalized spacial score (nSPS) is 10.2. The minimum atomic E-state index is -0.841. The van der Waals surface area contributed by atoms with E-state index in [0.29, 0.717) is 13.2 Å². The number of methoxy groups -OCH3 is 1. The highest BCUT2D eigenvalue weighted by Crippen LogP contribution is 2.15. The summed E-state index contributed by atoms with van der Waals surface area (Å²) in [7, 11) is 1.50. The molecule has 0 saturated heterocycles. The summed E-state index contributed by atoms with van der Waals surface area (Å²) in [6.07, 6.45) is 0.957. The smallest absolute Gasteiger partial charge is 0.313 e. The Labute approximate surface area is 164 Å². The van der Waals surface area contributed by atoms with Crippen molar-refractivity contribution in [2.75, 3.05) is 25.6 Å². The molecule has 0 saturated carbocycles. The fraction of sp³-hybridized carbons (Fsp3) is 0.286. The van der Waals surface area contributed by atoms with Crippen molar-refractivity contribution in [3.8, 4) is 0 Å². The monoisotopic (exact) mass is 383 g/mol. The van der Waals surface area contributed by atoms with Crippen molar-refractivity contribution in [2.45, 2.75) is 19.9 Å². The molecule has 0 fully saturated rings. The summed E-state index contributed by atoms with van der Waals surface area (Å²) in [5.41, 5.74) is 2.76. The highest BCUT2D eigenvalue weighted by molar-refractivity contribution is 6.40. The number of carbonyl (C=O) groups excluding carboxylic acids is 3. The Hall–Kier alpha value is -3.19. The van der Waals surface area contributed by atoms with Crippen LogP contribution in [0.2, 0.25) is 0 Å². The lowest BCUT2D eigenvalue weighted by Gasteiger charge is -2.12. The van der Waals surface area contributed by atoms with E-state index in [1.165, 1.54) is 12.7 Å². The largest absolute Gasteiger partial charge is 0.383 e. The van der Waals surface area contributed by atoms with E-state index in [2.05, 4.69) is 22.9 Å². The number of hydrogen-bond donors (Lipinski definition) is 3. The molecule has 0 radical (unpaired) electrons. The van der Waals surface area contributed by atoms with Gasteiger partial charge in [-0.3, -0.25) is 14.4 Å². The molecule has 0 aliphatic heterocycles. The maximum Gasteiger partial charge on any atom is 0.313 e. The molecule has 0 unspecified atom stereocenters. The van der Waals surface area contributed by atoms with Crippen molar-refractivity contribution < 1.29 is 19.1 Å². The topological polar surface area (TPSA) is 96.5 Å². The lowest BCUT2D eigenvalue weighted by Crippen LogP contribution is -2.37. The molecular formula is C21H25N3O4. The van der Waals surface area contributed by atoms with Gasteiger partial charge in [-0.1, -0.05) is 43.3 Å². The van der Waals surface area contributed by atoms with Crippen LogP contribution in [0.4, 0.5) is 5.69 Å². The second-order valence-corrected chi connectivity index (χ2v) is 6.10. The molecule has 0 spiro atoms. The van der Waals surface area contributed by atoms with Crippen LogP contribution in [0.5, 0.6) is 0 Å². The van der Waals surface area contributed by atoms with Crippen molar-refractivity contribution in [3.63, 3.8) is 0 Å². The predicted octanol–water partition coefficient (Wildman–Crippen LogP) is 1.88. The van der Waals surface area contributed by atoms with Crippen molar-refractivity contribution in [1.82, 2.24) is 10.6 Å². The van der Waals surface area contributed by atoms with Gasteiger partial charge < -0.3 is 20.7 Å². The molecule has 28 heavy (non-hydrogen) atoms. The summed E-state index contributed by atoms with van der Waals surface area (Å²) in [4.78, 5) is 36.4. The Balaban J connectivity index is 1.98. The van der Waals surface area contributed by atoms with Crippen LogP contribution in [-0.2, 0) is 27.3 Å². The molecule has 3 N–H and O–H groups in total. The highest BCUT2D eigenvalue weighted by atomic mass is 16.5. The standard InChI is InChI=1S/C21H25N3O4/c1-3-15-8-10-16(11-9-15)14-23-19(25)17-6-4-5-7-18(17)24-21(27)20(26)22-12-13-28-2/h4-11H,3,12-14H2,1-2H3,(H,22,26)(H,23,25)(H,24,27). The zero-order chi connectivity index (χ0) is 20.4. The van der Waals surface area contributed by atoms with Crippen LogP contribution in [-0.4, -0.2) is 38.0 Å². The summed E-state index contributed by atoms with van der Waals surface area (Å²) in [5.74, 6) is -1.97.